The van der Waals surface area contributed by atoms with Crippen LogP contribution in [0, 0.1) is 0 Å². The molecular formula is C25H24ClNO6S. The standard InChI is InChI=1S/C25H24ClNO6S/c1-4-33-21-11-9-20(10-12-21)27(34(29,30)22-13-7-19(26)8-14-22)25(28)16-6-18-5-15-23(31-2)24(17-18)32-3/h5-17H,4H2,1-3H3/b16-6+. The summed E-state index contributed by atoms with van der Waals surface area (Å²) in [6.45, 7) is 2.30. The number of carbonyl (C=O) groups excluding carboxylic acids is 1. The molecule has 0 saturated heterocycles. The van der Waals surface area contributed by atoms with E-state index in [1.54, 1.807) is 30.3 Å². The number of hydrogen-bond donors (Lipinski definition) is 0. The zero-order valence-electron chi connectivity index (χ0n) is 18.9. The number of methoxy groups -OCH3 is 2. The van der Waals surface area contributed by atoms with Crippen molar-refractivity contribution in [3.05, 3.63) is 83.4 Å². The maximum absolute atomic E-state index is 13.5. The van der Waals surface area contributed by atoms with Crippen molar-refractivity contribution in [2.45, 2.75) is 11.8 Å². The van der Waals surface area contributed by atoms with E-state index in [0.29, 0.717) is 34.4 Å². The normalized spacial score (nSPS) is 11.3. The van der Waals surface area contributed by atoms with Gasteiger partial charge >= 0.3 is 0 Å². The topological polar surface area (TPSA) is 82.1 Å². The molecule has 0 aliphatic rings. The molecule has 9 heteroatoms. The van der Waals surface area contributed by atoms with E-state index in [1.807, 2.05) is 6.92 Å². The van der Waals surface area contributed by atoms with Gasteiger partial charge in [-0.25, -0.2) is 8.42 Å². The summed E-state index contributed by atoms with van der Waals surface area (Å²) in [7, 11) is -1.21. The number of anilines is 1. The van der Waals surface area contributed by atoms with E-state index >= 15 is 0 Å². The molecule has 3 rings (SSSR count). The lowest BCUT2D eigenvalue weighted by Crippen LogP contribution is -2.35. The SMILES string of the molecule is CCOc1ccc(N(C(=O)/C=C/c2ccc(OC)c(OC)c2)S(=O)(=O)c2ccc(Cl)cc2)cc1. The van der Waals surface area contributed by atoms with E-state index in [4.69, 9.17) is 25.8 Å². The Bertz CT molecular complexity index is 1270. The Morgan fingerprint density at radius 2 is 1.59 bits per heavy atom. The fraction of sp³-hybridized carbons (Fsp3) is 0.160. The van der Waals surface area contributed by atoms with E-state index in [1.165, 1.54) is 62.8 Å². The van der Waals surface area contributed by atoms with Gasteiger partial charge in [-0.05, 0) is 79.2 Å². The average Bonchev–Trinajstić information content (AvgIpc) is 2.84. The highest BCUT2D eigenvalue weighted by molar-refractivity contribution is 7.93. The van der Waals surface area contributed by atoms with Gasteiger partial charge < -0.3 is 14.2 Å². The molecule has 0 radical (unpaired) electrons. The minimum atomic E-state index is -4.23. The minimum absolute atomic E-state index is 0.0707. The first-order chi connectivity index (χ1) is 16.3. The molecule has 0 bridgehead atoms. The maximum Gasteiger partial charge on any atom is 0.271 e. The largest absolute Gasteiger partial charge is 0.494 e. The number of benzene rings is 3. The molecule has 7 nitrogen and oxygen atoms in total. The first-order valence-electron chi connectivity index (χ1n) is 10.3. The molecule has 3 aromatic carbocycles. The van der Waals surface area contributed by atoms with Crippen molar-refractivity contribution in [3.8, 4) is 17.2 Å². The molecule has 0 aliphatic heterocycles. The van der Waals surface area contributed by atoms with E-state index in [9.17, 15) is 13.2 Å². The third-order valence-corrected chi connectivity index (χ3v) is 6.75. The number of ether oxygens (including phenoxy) is 3. The predicted octanol–water partition coefficient (Wildman–Crippen LogP) is 5.19. The lowest BCUT2D eigenvalue weighted by atomic mass is 10.2. The Labute approximate surface area is 204 Å². The molecule has 0 aromatic heterocycles. The number of sulfonamides is 1. The van der Waals surface area contributed by atoms with E-state index in [-0.39, 0.29) is 10.6 Å². The molecule has 3 aromatic rings. The van der Waals surface area contributed by atoms with Crippen LogP contribution >= 0.6 is 11.6 Å². The summed E-state index contributed by atoms with van der Waals surface area (Å²) in [5.74, 6) is 0.818. The highest BCUT2D eigenvalue weighted by Gasteiger charge is 2.30. The monoisotopic (exact) mass is 501 g/mol. The lowest BCUT2D eigenvalue weighted by molar-refractivity contribution is -0.113. The fourth-order valence-electron chi connectivity index (χ4n) is 3.13. The van der Waals surface area contributed by atoms with Crippen molar-refractivity contribution in [3.63, 3.8) is 0 Å². The average molecular weight is 502 g/mol. The van der Waals surface area contributed by atoms with Gasteiger partial charge in [-0.3, -0.25) is 4.79 Å². The molecule has 0 aliphatic carbocycles. The second-order valence-electron chi connectivity index (χ2n) is 6.94. The summed E-state index contributed by atoms with van der Waals surface area (Å²) < 4.78 is 43.6. The maximum atomic E-state index is 13.5. The van der Waals surface area contributed by atoms with Gasteiger partial charge in [0, 0.05) is 11.1 Å². The Kier molecular flexibility index (Phi) is 8.20. The van der Waals surface area contributed by atoms with Crippen LogP contribution in [0.2, 0.25) is 5.02 Å². The highest BCUT2D eigenvalue weighted by Crippen LogP contribution is 2.29. The van der Waals surface area contributed by atoms with Gasteiger partial charge in [0.1, 0.15) is 5.75 Å². The van der Waals surface area contributed by atoms with Crippen LogP contribution in [-0.4, -0.2) is 35.2 Å². The van der Waals surface area contributed by atoms with Crippen LogP contribution in [0.4, 0.5) is 5.69 Å². The molecule has 0 fully saturated rings. The van der Waals surface area contributed by atoms with Crippen molar-refractivity contribution in [1.29, 1.82) is 0 Å². The summed E-state index contributed by atoms with van der Waals surface area (Å²) in [5, 5.41) is 0.381. The highest BCUT2D eigenvalue weighted by atomic mass is 35.5. The number of carbonyl (C=O) groups is 1. The molecular weight excluding hydrogens is 478 g/mol. The molecule has 0 saturated carbocycles. The first kappa shape index (κ1) is 25.1. The molecule has 0 heterocycles. The van der Waals surface area contributed by atoms with Gasteiger partial charge in [0.05, 0.1) is 31.4 Å². The first-order valence-corrected chi connectivity index (χ1v) is 12.1. The van der Waals surface area contributed by atoms with Crippen LogP contribution in [-0.2, 0) is 14.8 Å². The van der Waals surface area contributed by atoms with Crippen molar-refractivity contribution in [2.24, 2.45) is 0 Å². The zero-order chi connectivity index (χ0) is 24.7. The second kappa shape index (κ2) is 11.1. The molecule has 0 N–H and O–H groups in total. The van der Waals surface area contributed by atoms with Crippen LogP contribution in [0.3, 0.4) is 0 Å². The summed E-state index contributed by atoms with van der Waals surface area (Å²) in [4.78, 5) is 13.2. The van der Waals surface area contributed by atoms with Crippen molar-refractivity contribution < 1.29 is 27.4 Å². The van der Waals surface area contributed by atoms with Crippen LogP contribution < -0.4 is 18.5 Å². The number of nitrogens with zero attached hydrogens (tertiary/aromatic N) is 1. The number of amides is 1. The van der Waals surface area contributed by atoms with Crippen molar-refractivity contribution in [2.75, 3.05) is 25.1 Å². The van der Waals surface area contributed by atoms with Crippen LogP contribution in [0.25, 0.3) is 6.08 Å². The van der Waals surface area contributed by atoms with E-state index in [0.717, 1.165) is 4.31 Å². The van der Waals surface area contributed by atoms with Crippen LogP contribution in [0.15, 0.2) is 77.7 Å². The van der Waals surface area contributed by atoms with Gasteiger partial charge in [0.2, 0.25) is 0 Å². The second-order valence-corrected chi connectivity index (χ2v) is 9.16. The van der Waals surface area contributed by atoms with Crippen LogP contribution in [0.5, 0.6) is 17.2 Å². The Balaban J connectivity index is 2.01. The molecule has 178 valence electrons. The zero-order valence-corrected chi connectivity index (χ0v) is 20.5. The van der Waals surface area contributed by atoms with Gasteiger partial charge in [-0.1, -0.05) is 17.7 Å². The Morgan fingerprint density at radius 3 is 2.18 bits per heavy atom. The quantitative estimate of drug-likeness (QED) is 0.375. The van der Waals surface area contributed by atoms with Gasteiger partial charge in [0.25, 0.3) is 15.9 Å². The van der Waals surface area contributed by atoms with Crippen molar-refractivity contribution in [1.82, 2.24) is 0 Å². The minimum Gasteiger partial charge on any atom is -0.494 e. The van der Waals surface area contributed by atoms with Gasteiger partial charge in [-0.2, -0.15) is 4.31 Å². The van der Waals surface area contributed by atoms with Gasteiger partial charge in [0.15, 0.2) is 11.5 Å². The smallest absolute Gasteiger partial charge is 0.271 e. The number of halogens is 1. The fourth-order valence-corrected chi connectivity index (χ4v) is 4.65. The molecule has 0 spiro atoms. The lowest BCUT2D eigenvalue weighted by Gasteiger charge is -2.21. The number of rotatable bonds is 9. The third kappa shape index (κ3) is 5.70. The molecule has 1 amide bonds. The van der Waals surface area contributed by atoms with Gasteiger partial charge in [-0.15, -0.1) is 0 Å². The Hall–Kier alpha value is -3.49. The molecule has 0 atom stereocenters. The summed E-state index contributed by atoms with van der Waals surface area (Å²) in [6.07, 6.45) is 2.69. The van der Waals surface area contributed by atoms with Crippen LogP contribution in [0.1, 0.15) is 12.5 Å². The predicted molar refractivity (Wildman–Crippen MR) is 132 cm³/mol. The molecule has 0 unspecified atom stereocenters. The Morgan fingerprint density at radius 1 is 0.941 bits per heavy atom. The number of hydrogen-bond acceptors (Lipinski definition) is 6. The summed E-state index contributed by atoms with van der Waals surface area (Å²) in [6, 6.07) is 16.9. The van der Waals surface area contributed by atoms with Crippen molar-refractivity contribution >= 4 is 39.3 Å². The molecule has 34 heavy (non-hydrogen) atoms. The van der Waals surface area contributed by atoms with E-state index < -0.39 is 15.9 Å². The summed E-state index contributed by atoms with van der Waals surface area (Å²) in [5.41, 5.74) is 0.793. The van der Waals surface area contributed by atoms with E-state index in [2.05, 4.69) is 0 Å². The third-order valence-electron chi connectivity index (χ3n) is 4.76. The summed E-state index contributed by atoms with van der Waals surface area (Å²) >= 11 is 5.91.